The van der Waals surface area contributed by atoms with Crippen molar-refractivity contribution in [2.45, 2.75) is 32.9 Å². The molecule has 0 aliphatic rings. The number of hydrogen-bond acceptors (Lipinski definition) is 6. The molecule has 0 unspecified atom stereocenters. The molecule has 3 rings (SSSR count). The molecule has 3 aromatic heterocycles. The zero-order valence-corrected chi connectivity index (χ0v) is 17.1. The average molecular weight is 471 g/mol. The van der Waals surface area contributed by atoms with Crippen LogP contribution in [0.3, 0.4) is 0 Å². The van der Waals surface area contributed by atoms with E-state index in [1.54, 1.807) is 19.4 Å². The van der Waals surface area contributed by atoms with E-state index in [9.17, 15) is 0 Å². The van der Waals surface area contributed by atoms with Crippen molar-refractivity contribution in [3.63, 3.8) is 0 Å². The van der Waals surface area contributed by atoms with Crippen LogP contribution in [0.25, 0.3) is 11.6 Å². The second kappa shape index (κ2) is 9.36. The Bertz CT molecular complexity index is 823. The van der Waals surface area contributed by atoms with E-state index in [-0.39, 0.29) is 24.0 Å². The molecule has 0 fully saturated rings. The molecule has 0 aliphatic carbocycles. The van der Waals surface area contributed by atoms with Gasteiger partial charge < -0.3 is 19.6 Å². The SMILES string of the molecule is CN=C(NCc1nc(-c2ccco2)n[nH]1)NCc1cc(C(C)C)no1.I. The highest BCUT2D eigenvalue weighted by molar-refractivity contribution is 14.0. The monoisotopic (exact) mass is 471 g/mol. The maximum atomic E-state index is 5.29. The van der Waals surface area contributed by atoms with Crippen LogP contribution in [0.2, 0.25) is 0 Å². The van der Waals surface area contributed by atoms with Gasteiger partial charge in [-0.2, -0.15) is 0 Å². The minimum absolute atomic E-state index is 0. The van der Waals surface area contributed by atoms with Gasteiger partial charge in [0.05, 0.1) is 25.0 Å². The minimum atomic E-state index is 0. The Balaban J connectivity index is 0.00000243. The summed E-state index contributed by atoms with van der Waals surface area (Å²) >= 11 is 0. The molecule has 0 saturated heterocycles. The van der Waals surface area contributed by atoms with E-state index in [2.05, 4.69) is 49.8 Å². The Labute approximate surface area is 168 Å². The summed E-state index contributed by atoms with van der Waals surface area (Å²) in [4.78, 5) is 8.53. The molecule has 9 nitrogen and oxygen atoms in total. The minimum Gasteiger partial charge on any atom is -0.461 e. The van der Waals surface area contributed by atoms with Gasteiger partial charge in [0.15, 0.2) is 17.5 Å². The quantitative estimate of drug-likeness (QED) is 0.288. The summed E-state index contributed by atoms with van der Waals surface area (Å²) in [7, 11) is 1.70. The first-order chi connectivity index (χ1) is 12.2. The lowest BCUT2D eigenvalue weighted by Crippen LogP contribution is -2.36. The number of aliphatic imine (C=N–C) groups is 1. The van der Waals surface area contributed by atoms with E-state index in [0.717, 1.165) is 11.5 Å². The molecule has 0 aromatic carbocycles. The van der Waals surface area contributed by atoms with Crippen LogP contribution in [-0.2, 0) is 13.1 Å². The van der Waals surface area contributed by atoms with Gasteiger partial charge in [-0.05, 0) is 18.1 Å². The van der Waals surface area contributed by atoms with Crippen molar-refractivity contribution >= 4 is 29.9 Å². The number of rotatable bonds is 6. The Morgan fingerprint density at radius 3 is 2.77 bits per heavy atom. The molecule has 0 saturated carbocycles. The summed E-state index contributed by atoms with van der Waals surface area (Å²) in [6, 6.07) is 5.55. The van der Waals surface area contributed by atoms with Gasteiger partial charge in [-0.25, -0.2) is 4.98 Å². The molecule has 140 valence electrons. The van der Waals surface area contributed by atoms with Crippen LogP contribution in [-0.4, -0.2) is 33.3 Å². The van der Waals surface area contributed by atoms with Gasteiger partial charge in [0.2, 0.25) is 5.82 Å². The van der Waals surface area contributed by atoms with Crippen LogP contribution in [0.4, 0.5) is 0 Å². The van der Waals surface area contributed by atoms with Gasteiger partial charge >= 0.3 is 0 Å². The third-order valence-corrected chi connectivity index (χ3v) is 3.52. The van der Waals surface area contributed by atoms with Crippen LogP contribution in [0.1, 0.15) is 37.0 Å². The van der Waals surface area contributed by atoms with Crippen molar-refractivity contribution in [2.75, 3.05) is 7.05 Å². The zero-order valence-electron chi connectivity index (χ0n) is 14.8. The van der Waals surface area contributed by atoms with Crippen LogP contribution < -0.4 is 10.6 Å². The lowest BCUT2D eigenvalue weighted by molar-refractivity contribution is 0.372. The fourth-order valence-electron chi connectivity index (χ4n) is 2.13. The number of nitrogens with zero attached hydrogens (tertiary/aromatic N) is 4. The number of nitrogens with one attached hydrogen (secondary N) is 3. The summed E-state index contributed by atoms with van der Waals surface area (Å²) in [5, 5.41) is 17.3. The van der Waals surface area contributed by atoms with Gasteiger partial charge in [-0.3, -0.25) is 10.1 Å². The van der Waals surface area contributed by atoms with Gasteiger partial charge in [0.1, 0.15) is 5.82 Å². The molecule has 10 heteroatoms. The maximum Gasteiger partial charge on any atom is 0.216 e. The van der Waals surface area contributed by atoms with E-state index in [4.69, 9.17) is 8.94 Å². The fourth-order valence-corrected chi connectivity index (χ4v) is 2.13. The first-order valence-electron chi connectivity index (χ1n) is 8.01. The highest BCUT2D eigenvalue weighted by Crippen LogP contribution is 2.14. The predicted octanol–water partition coefficient (Wildman–Crippen LogP) is 2.66. The number of aromatic amines is 1. The third-order valence-electron chi connectivity index (χ3n) is 3.52. The van der Waals surface area contributed by atoms with Crippen LogP contribution in [0, 0.1) is 0 Å². The van der Waals surface area contributed by atoms with Crippen molar-refractivity contribution < 1.29 is 8.94 Å². The maximum absolute atomic E-state index is 5.29. The second-order valence-electron chi connectivity index (χ2n) is 5.74. The van der Waals surface area contributed by atoms with Gasteiger partial charge in [-0.1, -0.05) is 19.0 Å². The van der Waals surface area contributed by atoms with Crippen molar-refractivity contribution in [3.8, 4) is 11.6 Å². The topological polar surface area (TPSA) is 117 Å². The van der Waals surface area contributed by atoms with Crippen LogP contribution >= 0.6 is 24.0 Å². The molecule has 0 atom stereocenters. The number of furan rings is 1. The number of aromatic nitrogens is 4. The van der Waals surface area contributed by atoms with E-state index < -0.39 is 0 Å². The summed E-state index contributed by atoms with van der Waals surface area (Å²) in [5.74, 6) is 3.54. The number of H-pyrrole nitrogens is 1. The number of hydrogen-bond donors (Lipinski definition) is 3. The predicted molar refractivity (Wildman–Crippen MR) is 107 cm³/mol. The molecule has 0 spiro atoms. The van der Waals surface area contributed by atoms with E-state index in [1.807, 2.05) is 12.1 Å². The standard InChI is InChI=1S/C16H21N7O2.HI/c1-10(2)12-7-11(25-23-12)8-18-16(17-3)19-9-14-20-15(22-21-14)13-5-4-6-24-13;/h4-7,10H,8-9H2,1-3H3,(H2,17,18,19)(H,20,21,22);1H. The Hall–Kier alpha value is -2.37. The summed E-state index contributed by atoms with van der Waals surface area (Å²) in [5.41, 5.74) is 0.937. The lowest BCUT2D eigenvalue weighted by Gasteiger charge is -2.08. The molecule has 0 radical (unpaired) electrons. The Kier molecular flexibility index (Phi) is 7.18. The van der Waals surface area contributed by atoms with E-state index in [1.165, 1.54) is 0 Å². The average Bonchev–Trinajstić information content (AvgIpc) is 3.35. The highest BCUT2D eigenvalue weighted by Gasteiger charge is 2.10. The van der Waals surface area contributed by atoms with E-state index in [0.29, 0.717) is 42.4 Å². The first-order valence-corrected chi connectivity index (χ1v) is 8.01. The fraction of sp³-hybridized carbons (Fsp3) is 0.375. The van der Waals surface area contributed by atoms with Crippen molar-refractivity contribution in [1.29, 1.82) is 0 Å². The third kappa shape index (κ3) is 5.07. The molecular formula is C16H22IN7O2. The second-order valence-corrected chi connectivity index (χ2v) is 5.74. The largest absolute Gasteiger partial charge is 0.461 e. The highest BCUT2D eigenvalue weighted by atomic mass is 127. The smallest absolute Gasteiger partial charge is 0.216 e. The van der Waals surface area contributed by atoms with Crippen molar-refractivity contribution in [1.82, 2.24) is 31.0 Å². The molecule has 26 heavy (non-hydrogen) atoms. The van der Waals surface area contributed by atoms with Crippen molar-refractivity contribution in [3.05, 3.63) is 41.7 Å². The molecular weight excluding hydrogens is 449 g/mol. The molecule has 3 heterocycles. The van der Waals surface area contributed by atoms with Gasteiger partial charge in [-0.15, -0.1) is 29.1 Å². The molecule has 3 N–H and O–H groups in total. The first kappa shape index (κ1) is 19.9. The number of guanidine groups is 1. The summed E-state index contributed by atoms with van der Waals surface area (Å²) in [6.07, 6.45) is 1.59. The number of halogens is 1. The van der Waals surface area contributed by atoms with Crippen LogP contribution in [0.5, 0.6) is 0 Å². The Morgan fingerprint density at radius 1 is 1.31 bits per heavy atom. The van der Waals surface area contributed by atoms with Gasteiger partial charge in [0.25, 0.3) is 0 Å². The molecule has 0 bridgehead atoms. The normalized spacial score (nSPS) is 11.5. The van der Waals surface area contributed by atoms with Crippen LogP contribution in [0.15, 0.2) is 38.4 Å². The van der Waals surface area contributed by atoms with E-state index >= 15 is 0 Å². The Morgan fingerprint density at radius 2 is 2.12 bits per heavy atom. The summed E-state index contributed by atoms with van der Waals surface area (Å²) < 4.78 is 10.6. The molecule has 3 aromatic rings. The van der Waals surface area contributed by atoms with Gasteiger partial charge in [0, 0.05) is 13.1 Å². The molecule has 0 aliphatic heterocycles. The van der Waals surface area contributed by atoms with Crippen molar-refractivity contribution in [2.24, 2.45) is 4.99 Å². The molecule has 0 amide bonds. The lowest BCUT2D eigenvalue weighted by atomic mass is 10.1. The zero-order chi connectivity index (χ0) is 17.6. The summed E-state index contributed by atoms with van der Waals surface area (Å²) in [6.45, 7) is 5.09.